The Labute approximate surface area is 198 Å². The maximum absolute atomic E-state index is 9.55. The summed E-state index contributed by atoms with van der Waals surface area (Å²) in [6.45, 7) is 5.10. The van der Waals surface area contributed by atoms with Crippen molar-refractivity contribution >= 4 is 29.2 Å². The van der Waals surface area contributed by atoms with E-state index < -0.39 is 11.9 Å². The summed E-state index contributed by atoms with van der Waals surface area (Å²) in [5.74, 6) is -1.55. The third-order valence-corrected chi connectivity index (χ3v) is 5.69. The second kappa shape index (κ2) is 12.8. The van der Waals surface area contributed by atoms with Crippen LogP contribution in [0.5, 0.6) is 5.75 Å². The minimum absolute atomic E-state index is 0. The summed E-state index contributed by atoms with van der Waals surface area (Å²) in [4.78, 5) is 24.2. The SMILES string of the molecule is Clc1ccc2c(c1)OCCCC2N1CCN(c2ccccc2)CC1.O.O=C(O)C=CC(=O)O. The molecule has 4 rings (SSSR count). The number of para-hydroxylation sites is 1. The zero-order valence-corrected chi connectivity index (χ0v) is 18.9. The molecule has 2 aliphatic rings. The highest BCUT2D eigenvalue weighted by molar-refractivity contribution is 6.30. The monoisotopic (exact) mass is 476 g/mol. The fraction of sp³-hybridized carbons (Fsp3) is 0.333. The van der Waals surface area contributed by atoms with Gasteiger partial charge < -0.3 is 25.3 Å². The molecule has 0 bridgehead atoms. The van der Waals surface area contributed by atoms with Crippen molar-refractivity contribution in [1.29, 1.82) is 0 Å². The first-order chi connectivity index (χ1) is 15.4. The number of ether oxygens (including phenoxy) is 1. The van der Waals surface area contributed by atoms with Gasteiger partial charge in [0.2, 0.25) is 0 Å². The van der Waals surface area contributed by atoms with E-state index in [2.05, 4.69) is 46.2 Å². The lowest BCUT2D eigenvalue weighted by molar-refractivity contribution is -0.134. The van der Waals surface area contributed by atoms with Crippen molar-refractivity contribution in [1.82, 2.24) is 4.90 Å². The van der Waals surface area contributed by atoms with Crippen LogP contribution in [0.25, 0.3) is 0 Å². The summed E-state index contributed by atoms with van der Waals surface area (Å²) in [5, 5.41) is 16.4. The van der Waals surface area contributed by atoms with Crippen LogP contribution in [0.2, 0.25) is 5.02 Å². The second-order valence-corrected chi connectivity index (χ2v) is 7.99. The lowest BCUT2D eigenvalue weighted by atomic mass is 9.99. The van der Waals surface area contributed by atoms with E-state index in [0.717, 1.165) is 56.4 Å². The van der Waals surface area contributed by atoms with Crippen LogP contribution in [-0.2, 0) is 9.59 Å². The number of nitrogens with zero attached hydrogens (tertiary/aromatic N) is 2. The van der Waals surface area contributed by atoms with Crippen molar-refractivity contribution < 1.29 is 30.0 Å². The molecule has 9 heteroatoms. The summed E-state index contributed by atoms with van der Waals surface area (Å²) < 4.78 is 5.92. The largest absolute Gasteiger partial charge is 0.493 e. The van der Waals surface area contributed by atoms with Gasteiger partial charge >= 0.3 is 11.9 Å². The molecule has 178 valence electrons. The Bertz CT molecular complexity index is 929. The molecule has 2 aromatic carbocycles. The molecule has 1 unspecified atom stereocenters. The van der Waals surface area contributed by atoms with Crippen LogP contribution in [0, 0.1) is 0 Å². The zero-order chi connectivity index (χ0) is 22.9. The molecule has 4 N–H and O–H groups in total. The number of hydrogen-bond donors (Lipinski definition) is 2. The van der Waals surface area contributed by atoms with Crippen LogP contribution in [0.3, 0.4) is 0 Å². The minimum atomic E-state index is -1.26. The normalized spacial score (nSPS) is 18.1. The molecule has 2 heterocycles. The van der Waals surface area contributed by atoms with E-state index in [1.165, 1.54) is 11.3 Å². The van der Waals surface area contributed by atoms with Gasteiger partial charge in [0.1, 0.15) is 5.75 Å². The fourth-order valence-corrected chi connectivity index (χ4v) is 4.14. The van der Waals surface area contributed by atoms with Crippen LogP contribution >= 0.6 is 11.6 Å². The number of carbonyl (C=O) groups is 2. The standard InChI is InChI=1S/C20H23ClN2O.C4H4O4.H2O/c21-16-8-9-18-19(7-4-14-24-20(18)15-16)23-12-10-22(11-13-23)17-5-2-1-3-6-17;5-3(6)1-2-4(7)8;/h1-3,5-6,8-9,15,19H,4,7,10-14H2;1-2H,(H,5,6)(H,7,8);1H2. The Morgan fingerprint density at radius 3 is 2.21 bits per heavy atom. The summed E-state index contributed by atoms with van der Waals surface area (Å²) in [6, 6.07) is 17.3. The van der Waals surface area contributed by atoms with Gasteiger partial charge in [-0.2, -0.15) is 0 Å². The Kier molecular flexibility index (Phi) is 10.2. The molecule has 1 atom stereocenters. The minimum Gasteiger partial charge on any atom is -0.493 e. The van der Waals surface area contributed by atoms with Crippen LogP contribution in [-0.4, -0.2) is 65.3 Å². The number of hydrogen-bond acceptors (Lipinski definition) is 5. The quantitative estimate of drug-likeness (QED) is 0.649. The van der Waals surface area contributed by atoms with Crippen LogP contribution in [0.4, 0.5) is 5.69 Å². The van der Waals surface area contributed by atoms with E-state index in [0.29, 0.717) is 18.2 Å². The number of anilines is 1. The highest BCUT2D eigenvalue weighted by atomic mass is 35.5. The van der Waals surface area contributed by atoms with Gasteiger partial charge in [-0.25, -0.2) is 9.59 Å². The smallest absolute Gasteiger partial charge is 0.328 e. The highest BCUT2D eigenvalue weighted by Crippen LogP contribution is 2.37. The average molecular weight is 477 g/mol. The number of fused-ring (bicyclic) bond motifs is 1. The van der Waals surface area contributed by atoms with Gasteiger partial charge in [0.15, 0.2) is 0 Å². The first-order valence-corrected chi connectivity index (χ1v) is 10.9. The zero-order valence-electron chi connectivity index (χ0n) is 18.2. The summed E-state index contributed by atoms with van der Waals surface area (Å²) >= 11 is 6.15. The number of benzene rings is 2. The molecule has 0 amide bonds. The predicted molar refractivity (Wildman–Crippen MR) is 127 cm³/mol. The maximum atomic E-state index is 9.55. The highest BCUT2D eigenvalue weighted by Gasteiger charge is 2.28. The molecule has 0 saturated carbocycles. The lowest BCUT2D eigenvalue weighted by Gasteiger charge is -2.40. The van der Waals surface area contributed by atoms with E-state index >= 15 is 0 Å². The number of halogens is 1. The van der Waals surface area contributed by atoms with Crippen LogP contribution in [0.1, 0.15) is 24.4 Å². The number of carboxylic acids is 2. The summed E-state index contributed by atoms with van der Waals surface area (Å²) in [6.07, 6.45) is 3.36. The molecule has 1 saturated heterocycles. The molecule has 0 spiro atoms. The lowest BCUT2D eigenvalue weighted by Crippen LogP contribution is -2.47. The van der Waals surface area contributed by atoms with Crippen molar-refractivity contribution in [2.45, 2.75) is 18.9 Å². The Morgan fingerprint density at radius 1 is 0.970 bits per heavy atom. The Morgan fingerprint density at radius 2 is 1.61 bits per heavy atom. The van der Waals surface area contributed by atoms with Crippen molar-refractivity contribution in [2.24, 2.45) is 0 Å². The molecular weight excluding hydrogens is 448 g/mol. The van der Waals surface area contributed by atoms with Crippen molar-refractivity contribution in [3.05, 3.63) is 71.3 Å². The van der Waals surface area contributed by atoms with Gasteiger partial charge in [0.05, 0.1) is 6.61 Å². The molecule has 0 aromatic heterocycles. The Balaban J connectivity index is 0.000000372. The summed E-state index contributed by atoms with van der Waals surface area (Å²) in [7, 11) is 0. The van der Waals surface area contributed by atoms with Crippen LogP contribution < -0.4 is 9.64 Å². The van der Waals surface area contributed by atoms with Crippen molar-refractivity contribution in [2.75, 3.05) is 37.7 Å². The van der Waals surface area contributed by atoms with Gasteiger partial charge in [-0.1, -0.05) is 35.9 Å². The average Bonchev–Trinajstić information content (AvgIpc) is 3.01. The van der Waals surface area contributed by atoms with Gasteiger partial charge in [0.25, 0.3) is 0 Å². The maximum Gasteiger partial charge on any atom is 0.328 e. The molecule has 0 aliphatic carbocycles. The second-order valence-electron chi connectivity index (χ2n) is 7.56. The molecule has 33 heavy (non-hydrogen) atoms. The van der Waals surface area contributed by atoms with Crippen LogP contribution in [0.15, 0.2) is 60.7 Å². The van der Waals surface area contributed by atoms with Gasteiger partial charge in [0, 0.05) is 60.6 Å². The van der Waals surface area contributed by atoms with Gasteiger partial charge in [-0.15, -0.1) is 0 Å². The van der Waals surface area contributed by atoms with E-state index in [-0.39, 0.29) is 5.48 Å². The van der Waals surface area contributed by atoms with E-state index in [1.54, 1.807) is 0 Å². The predicted octanol–water partition coefficient (Wildman–Crippen LogP) is 3.26. The molecule has 2 aliphatic heterocycles. The number of aliphatic carboxylic acids is 2. The van der Waals surface area contributed by atoms with Crippen molar-refractivity contribution in [3.8, 4) is 5.75 Å². The van der Waals surface area contributed by atoms with Gasteiger partial charge in [-0.05, 0) is 37.1 Å². The molecule has 2 aromatic rings. The molecule has 8 nitrogen and oxygen atoms in total. The van der Waals surface area contributed by atoms with Gasteiger partial charge in [-0.3, -0.25) is 4.90 Å². The number of carboxylic acid groups (broad SMARTS) is 2. The third kappa shape index (κ3) is 7.78. The number of rotatable bonds is 4. The summed E-state index contributed by atoms with van der Waals surface area (Å²) in [5.41, 5.74) is 2.62. The Hall–Kier alpha value is -3.07. The van der Waals surface area contributed by atoms with E-state index in [4.69, 9.17) is 26.6 Å². The van der Waals surface area contributed by atoms with E-state index in [9.17, 15) is 9.59 Å². The van der Waals surface area contributed by atoms with E-state index in [1.807, 2.05) is 12.1 Å². The fourth-order valence-electron chi connectivity index (χ4n) is 3.98. The van der Waals surface area contributed by atoms with Crippen molar-refractivity contribution in [3.63, 3.8) is 0 Å². The first-order valence-electron chi connectivity index (χ1n) is 10.5. The topological polar surface area (TPSA) is 122 Å². The first kappa shape index (κ1) is 26.2. The third-order valence-electron chi connectivity index (χ3n) is 5.46. The number of piperazine rings is 1. The molecule has 0 radical (unpaired) electrons. The molecular formula is C24H29ClN2O6. The molecule has 1 fully saturated rings.